The molecule has 2 atom stereocenters. The molecule has 4 heteroatoms. The Labute approximate surface area is 242 Å². The predicted molar refractivity (Wildman–Crippen MR) is 133 cm³/mol. The van der Waals surface area contributed by atoms with Gasteiger partial charge in [-0.25, -0.2) is 0 Å². The predicted octanol–water partition coefficient (Wildman–Crippen LogP) is -0.794. The molecule has 1 aliphatic rings. The largest absolute Gasteiger partial charge is 1.00 e. The van der Waals surface area contributed by atoms with Gasteiger partial charge in [-0.2, -0.15) is 0 Å². The van der Waals surface area contributed by atoms with Crippen LogP contribution in [0.5, 0.6) is 0 Å². The van der Waals surface area contributed by atoms with E-state index in [2.05, 4.69) is 146 Å². The number of benzene rings is 3. The molecule has 0 radical (unpaired) electrons. The normalized spacial score (nSPS) is 17.5. The van der Waals surface area contributed by atoms with E-state index >= 15 is 0 Å². The second kappa shape index (κ2) is 12.8. The van der Waals surface area contributed by atoms with Crippen molar-refractivity contribution in [3.8, 4) is 0 Å². The summed E-state index contributed by atoms with van der Waals surface area (Å²) in [5.74, 6) is 0.508. The van der Waals surface area contributed by atoms with Gasteiger partial charge in [-0.1, -0.05) is 0 Å². The molecule has 0 saturated carbocycles. The molecular formula is C31H33Cl3Ti. The minimum Gasteiger partial charge on any atom is -1.00 e. The van der Waals surface area contributed by atoms with Crippen LogP contribution < -0.4 is 37.2 Å². The van der Waals surface area contributed by atoms with Crippen molar-refractivity contribution in [2.45, 2.75) is 50.2 Å². The summed E-state index contributed by atoms with van der Waals surface area (Å²) >= 11 is 2.46. The van der Waals surface area contributed by atoms with Gasteiger partial charge >= 0.3 is 207 Å². The van der Waals surface area contributed by atoms with Crippen LogP contribution in [0.3, 0.4) is 0 Å². The van der Waals surface area contributed by atoms with E-state index in [1.807, 2.05) is 0 Å². The van der Waals surface area contributed by atoms with Crippen LogP contribution in [-0.4, -0.2) is 0 Å². The quantitative estimate of drug-likeness (QED) is 0.274. The van der Waals surface area contributed by atoms with Crippen molar-refractivity contribution in [2.24, 2.45) is 5.92 Å². The SMILES string of the molecule is CCC(C)C1=CC=C[C]1([Ti+3])C(c1cccc(C)c1)(c1cccc(C)c1)c1cccc(C)c1.[Cl-].[Cl-].[Cl-]. The topological polar surface area (TPSA) is 0 Å². The molecule has 0 N–H and O–H groups in total. The van der Waals surface area contributed by atoms with Crippen LogP contribution in [-0.2, 0) is 25.9 Å². The maximum atomic E-state index is 2.46. The molecule has 3 aromatic rings. The van der Waals surface area contributed by atoms with Gasteiger partial charge in [-0.05, 0) is 0 Å². The molecule has 1 aliphatic carbocycles. The van der Waals surface area contributed by atoms with Gasteiger partial charge in [0.25, 0.3) is 0 Å². The van der Waals surface area contributed by atoms with Crippen molar-refractivity contribution in [3.63, 3.8) is 0 Å². The van der Waals surface area contributed by atoms with Crippen LogP contribution in [0.15, 0.2) is 96.6 Å². The Balaban J connectivity index is 0.00000204. The van der Waals surface area contributed by atoms with Gasteiger partial charge in [0.05, 0.1) is 0 Å². The molecule has 0 aliphatic heterocycles. The van der Waals surface area contributed by atoms with Crippen molar-refractivity contribution in [1.82, 2.24) is 0 Å². The molecule has 0 saturated heterocycles. The molecule has 0 aromatic heterocycles. The molecule has 3 aromatic carbocycles. The van der Waals surface area contributed by atoms with Crippen LogP contribution in [0.1, 0.15) is 53.6 Å². The van der Waals surface area contributed by atoms with Gasteiger partial charge < -0.3 is 37.2 Å². The molecule has 0 amide bonds. The van der Waals surface area contributed by atoms with Gasteiger partial charge in [0.2, 0.25) is 0 Å². The summed E-state index contributed by atoms with van der Waals surface area (Å²) in [6, 6.07) is 27.5. The Kier molecular flexibility index (Phi) is 11.6. The smallest absolute Gasteiger partial charge is 1.00 e. The Bertz CT molecular complexity index is 1090. The van der Waals surface area contributed by atoms with Crippen molar-refractivity contribution in [1.29, 1.82) is 0 Å². The first-order chi connectivity index (χ1) is 15.3. The third-order valence-electron chi connectivity index (χ3n) is 7.17. The number of hydrogen-bond donors (Lipinski definition) is 0. The maximum absolute atomic E-state index is 2.46. The first kappa shape index (κ1) is 31.8. The number of rotatable bonds is 6. The summed E-state index contributed by atoms with van der Waals surface area (Å²) in [7, 11) is 0. The fraction of sp³-hybridized carbons (Fsp3) is 0.290. The molecule has 182 valence electrons. The van der Waals surface area contributed by atoms with Gasteiger partial charge in [0, 0.05) is 0 Å². The molecular weight excluding hydrogens is 527 g/mol. The molecule has 4 rings (SSSR count). The van der Waals surface area contributed by atoms with E-state index in [9.17, 15) is 0 Å². The Morgan fingerprint density at radius 2 is 1.14 bits per heavy atom. The van der Waals surface area contributed by atoms with Gasteiger partial charge in [0.15, 0.2) is 0 Å². The van der Waals surface area contributed by atoms with E-state index in [1.165, 1.54) is 39.0 Å². The second-order valence-electron chi connectivity index (χ2n) is 9.46. The van der Waals surface area contributed by atoms with Gasteiger partial charge in [0.1, 0.15) is 0 Å². The van der Waals surface area contributed by atoms with Gasteiger partial charge in [-0.15, -0.1) is 0 Å². The van der Waals surface area contributed by atoms with Crippen LogP contribution >= 0.6 is 0 Å². The van der Waals surface area contributed by atoms with E-state index in [4.69, 9.17) is 0 Å². The number of aryl methyl sites for hydroxylation is 3. The second-order valence-corrected chi connectivity index (χ2v) is 10.7. The van der Waals surface area contributed by atoms with E-state index in [-0.39, 0.29) is 46.4 Å². The maximum Gasteiger partial charge on any atom is -1.00 e. The van der Waals surface area contributed by atoms with Crippen molar-refractivity contribution >= 4 is 0 Å². The van der Waals surface area contributed by atoms with E-state index in [0.717, 1.165) is 6.42 Å². The van der Waals surface area contributed by atoms with Crippen molar-refractivity contribution < 1.29 is 57.7 Å². The van der Waals surface area contributed by atoms with Crippen LogP contribution in [0.2, 0.25) is 3.72 Å². The summed E-state index contributed by atoms with van der Waals surface area (Å²) in [5.41, 5.74) is 9.15. The molecule has 0 bridgehead atoms. The molecule has 35 heavy (non-hydrogen) atoms. The molecule has 0 heterocycles. The monoisotopic (exact) mass is 558 g/mol. The van der Waals surface area contributed by atoms with E-state index < -0.39 is 0 Å². The standard InChI is InChI=1S/C31H33.3ClH.Ti/c1-6-25(5)29-17-10-18-30(29)31(26-14-7-11-22(2)19-26,27-15-8-12-23(3)20-27)28-16-9-13-24(4)21-28;;;;/h7-21,25H,6H2,1-5H3;3*1H;/q;;;;+3/p-3. The van der Waals surface area contributed by atoms with E-state index in [0.29, 0.717) is 5.92 Å². The Morgan fingerprint density at radius 3 is 1.49 bits per heavy atom. The first-order valence-corrected chi connectivity index (χ1v) is 12.5. The number of halogens is 3. The summed E-state index contributed by atoms with van der Waals surface area (Å²) in [6.07, 6.45) is 8.26. The zero-order valence-corrected chi connectivity index (χ0v) is 24.9. The number of hydrogen-bond acceptors (Lipinski definition) is 0. The zero-order valence-electron chi connectivity index (χ0n) is 21.1. The summed E-state index contributed by atoms with van der Waals surface area (Å²) in [5, 5.41) is 0. The first-order valence-electron chi connectivity index (χ1n) is 11.7. The van der Waals surface area contributed by atoms with Crippen molar-refractivity contribution in [2.75, 3.05) is 0 Å². The average Bonchev–Trinajstić information content (AvgIpc) is 3.16. The molecule has 0 nitrogen and oxygen atoms in total. The van der Waals surface area contributed by atoms with E-state index in [1.54, 1.807) is 0 Å². The number of allylic oxidation sites excluding steroid dienone is 4. The molecule has 0 spiro atoms. The fourth-order valence-corrected chi connectivity index (χ4v) is 6.80. The van der Waals surface area contributed by atoms with Crippen LogP contribution in [0.25, 0.3) is 0 Å². The van der Waals surface area contributed by atoms with Crippen LogP contribution in [0, 0.1) is 26.7 Å². The molecule has 0 fully saturated rings. The summed E-state index contributed by atoms with van der Waals surface area (Å²) in [6.45, 7) is 11.3. The fourth-order valence-electron chi connectivity index (χ4n) is 5.46. The molecule has 2 unspecified atom stereocenters. The zero-order chi connectivity index (χ0) is 22.9. The Hall–Kier alpha value is -1.28. The Morgan fingerprint density at radius 1 is 0.743 bits per heavy atom. The third kappa shape index (κ3) is 5.53. The summed E-state index contributed by atoms with van der Waals surface area (Å²) < 4.78 is -0.183. The average molecular weight is 560 g/mol. The van der Waals surface area contributed by atoms with Crippen LogP contribution in [0.4, 0.5) is 0 Å². The summed E-state index contributed by atoms with van der Waals surface area (Å²) in [4.78, 5) is 0. The third-order valence-corrected chi connectivity index (χ3v) is 8.46. The minimum atomic E-state index is -0.334. The van der Waals surface area contributed by atoms with Crippen molar-refractivity contribution in [3.05, 3.63) is 130 Å². The van der Waals surface area contributed by atoms with Gasteiger partial charge in [-0.3, -0.25) is 0 Å². The minimum absolute atomic E-state index is 0.